The number of ether oxygens (including phenoxy) is 1. The van der Waals surface area contributed by atoms with Crippen LogP contribution in [0.3, 0.4) is 0 Å². The standard InChI is InChI=1S/C31H30FN5O2S2/c1-2-36-15-17-37(18-16-36)14-6-9-24-21-26-30(41-24)28(12-13-33-26)39-27-11-10-23(20-25(27)32)34-31(40)35-29(38)19-22-7-4-3-5-8-22/h3-5,7-8,10-13,20-21H,2,14-19H2,1H3,(H2,34,35,38,40). The predicted molar refractivity (Wildman–Crippen MR) is 166 cm³/mol. The largest absolute Gasteiger partial charge is 0.453 e. The molecule has 0 bridgehead atoms. The highest BCUT2D eigenvalue weighted by atomic mass is 32.1. The van der Waals surface area contributed by atoms with Gasteiger partial charge in [0.05, 0.1) is 28.1 Å². The lowest BCUT2D eigenvalue weighted by atomic mass is 10.1. The molecule has 10 heteroatoms. The Morgan fingerprint density at radius 2 is 1.85 bits per heavy atom. The van der Waals surface area contributed by atoms with E-state index < -0.39 is 5.82 Å². The van der Waals surface area contributed by atoms with Crippen LogP contribution in [0.5, 0.6) is 11.5 Å². The highest BCUT2D eigenvalue weighted by molar-refractivity contribution is 7.80. The van der Waals surface area contributed by atoms with Crippen molar-refractivity contribution in [2.45, 2.75) is 13.3 Å². The maximum Gasteiger partial charge on any atom is 0.230 e. The van der Waals surface area contributed by atoms with Gasteiger partial charge in [-0.1, -0.05) is 49.1 Å². The molecule has 3 heterocycles. The number of fused-ring (bicyclic) bond motifs is 1. The minimum atomic E-state index is -0.571. The number of aromatic nitrogens is 1. The molecule has 1 saturated heterocycles. The first kappa shape index (κ1) is 28.6. The molecule has 2 N–H and O–H groups in total. The quantitative estimate of drug-likeness (QED) is 0.226. The van der Waals surface area contributed by atoms with Crippen LogP contribution in [0.1, 0.15) is 17.4 Å². The first-order valence-electron chi connectivity index (χ1n) is 13.4. The summed E-state index contributed by atoms with van der Waals surface area (Å²) in [7, 11) is 0. The molecule has 0 radical (unpaired) electrons. The van der Waals surface area contributed by atoms with Gasteiger partial charge in [0.15, 0.2) is 16.7 Å². The molecule has 2 aromatic carbocycles. The van der Waals surface area contributed by atoms with Crippen LogP contribution >= 0.6 is 23.6 Å². The van der Waals surface area contributed by atoms with Crippen molar-refractivity contribution in [1.29, 1.82) is 0 Å². The minimum absolute atomic E-state index is 0.0642. The summed E-state index contributed by atoms with van der Waals surface area (Å²) < 4.78 is 21.7. The number of halogens is 1. The summed E-state index contributed by atoms with van der Waals surface area (Å²) in [5, 5.41) is 5.55. The first-order valence-corrected chi connectivity index (χ1v) is 14.6. The fourth-order valence-electron chi connectivity index (χ4n) is 4.45. The van der Waals surface area contributed by atoms with Gasteiger partial charge in [0, 0.05) is 50.2 Å². The number of amides is 1. The first-order chi connectivity index (χ1) is 20.0. The summed E-state index contributed by atoms with van der Waals surface area (Å²) >= 11 is 6.70. The number of likely N-dealkylation sites (N-methyl/N-ethyl adjacent to an activating group) is 1. The van der Waals surface area contributed by atoms with E-state index in [0.717, 1.165) is 59.9 Å². The summed E-state index contributed by atoms with van der Waals surface area (Å²) in [4.78, 5) is 22.4. The molecule has 1 aliphatic heterocycles. The van der Waals surface area contributed by atoms with Crippen LogP contribution in [0, 0.1) is 17.7 Å². The third-order valence-electron chi connectivity index (χ3n) is 6.67. The lowest BCUT2D eigenvalue weighted by Gasteiger charge is -2.32. The van der Waals surface area contributed by atoms with Crippen molar-refractivity contribution in [2.24, 2.45) is 0 Å². The molecule has 0 spiro atoms. The van der Waals surface area contributed by atoms with Crippen molar-refractivity contribution in [3.05, 3.63) is 83.1 Å². The van der Waals surface area contributed by atoms with E-state index >= 15 is 0 Å². The number of carbonyl (C=O) groups is 1. The predicted octanol–water partition coefficient (Wildman–Crippen LogP) is 5.27. The number of benzene rings is 2. The number of nitrogens with zero attached hydrogens (tertiary/aromatic N) is 3. The average molecular weight is 588 g/mol. The van der Waals surface area contributed by atoms with E-state index in [0.29, 0.717) is 11.4 Å². The Morgan fingerprint density at radius 3 is 2.61 bits per heavy atom. The average Bonchev–Trinajstić information content (AvgIpc) is 3.39. The molecule has 7 nitrogen and oxygen atoms in total. The second-order valence-electron chi connectivity index (χ2n) is 9.56. The van der Waals surface area contributed by atoms with Crippen LogP contribution < -0.4 is 15.4 Å². The molecule has 0 unspecified atom stereocenters. The molecule has 41 heavy (non-hydrogen) atoms. The Kier molecular flexibility index (Phi) is 9.54. The van der Waals surface area contributed by atoms with Crippen molar-refractivity contribution in [1.82, 2.24) is 20.1 Å². The van der Waals surface area contributed by atoms with E-state index in [1.165, 1.54) is 23.5 Å². The van der Waals surface area contributed by atoms with Crippen molar-refractivity contribution >= 4 is 50.5 Å². The van der Waals surface area contributed by atoms with Gasteiger partial charge >= 0.3 is 0 Å². The number of thiocarbonyl (C=S) groups is 1. The summed E-state index contributed by atoms with van der Waals surface area (Å²) in [6, 6.07) is 17.4. The fourth-order valence-corrected chi connectivity index (χ4v) is 5.62. The number of thiophene rings is 1. The molecule has 0 saturated carbocycles. The van der Waals surface area contributed by atoms with Crippen LogP contribution in [0.15, 0.2) is 66.9 Å². The smallest absolute Gasteiger partial charge is 0.230 e. The van der Waals surface area contributed by atoms with Crippen LogP contribution in [0.4, 0.5) is 10.1 Å². The Bertz CT molecular complexity index is 1590. The molecule has 0 atom stereocenters. The zero-order chi connectivity index (χ0) is 28.6. The Balaban J connectivity index is 1.19. The van der Waals surface area contributed by atoms with E-state index in [4.69, 9.17) is 17.0 Å². The molecule has 210 valence electrons. The molecule has 1 fully saturated rings. The zero-order valence-corrected chi connectivity index (χ0v) is 24.3. The van der Waals surface area contributed by atoms with Crippen molar-refractivity contribution in [2.75, 3.05) is 44.6 Å². The van der Waals surface area contributed by atoms with Gasteiger partial charge in [-0.15, -0.1) is 11.3 Å². The maximum atomic E-state index is 15.0. The Morgan fingerprint density at radius 1 is 1.07 bits per heavy atom. The zero-order valence-electron chi connectivity index (χ0n) is 22.7. The van der Waals surface area contributed by atoms with E-state index in [1.807, 2.05) is 36.4 Å². The number of anilines is 1. The van der Waals surface area contributed by atoms with Gasteiger partial charge in [-0.2, -0.15) is 0 Å². The van der Waals surface area contributed by atoms with E-state index in [9.17, 15) is 9.18 Å². The second kappa shape index (κ2) is 13.7. The van der Waals surface area contributed by atoms with Crippen molar-refractivity contribution in [3.8, 4) is 23.3 Å². The SMILES string of the molecule is CCN1CCN(CC#Cc2cc3nccc(Oc4ccc(NC(=S)NC(=O)Cc5ccccc5)cc4F)c3s2)CC1. The topological polar surface area (TPSA) is 69.7 Å². The molecule has 5 rings (SSSR count). The van der Waals surface area contributed by atoms with E-state index in [1.54, 1.807) is 18.3 Å². The molecule has 1 aliphatic rings. The molecule has 4 aromatic rings. The number of piperazine rings is 1. The summed E-state index contributed by atoms with van der Waals surface area (Å²) in [5.41, 5.74) is 2.02. The number of carbonyl (C=O) groups excluding carboxylic acids is 1. The molecule has 0 aliphatic carbocycles. The highest BCUT2D eigenvalue weighted by Gasteiger charge is 2.15. The molecule has 2 aromatic heterocycles. The minimum Gasteiger partial charge on any atom is -0.453 e. The van der Waals surface area contributed by atoms with Gasteiger partial charge < -0.3 is 20.3 Å². The summed E-state index contributed by atoms with van der Waals surface area (Å²) in [5.74, 6) is 6.28. The van der Waals surface area contributed by atoms with Gasteiger partial charge in [0.25, 0.3) is 0 Å². The summed E-state index contributed by atoms with van der Waals surface area (Å²) in [6.07, 6.45) is 1.83. The fraction of sp³-hybridized carbons (Fsp3) is 0.258. The van der Waals surface area contributed by atoms with Gasteiger partial charge in [0.1, 0.15) is 5.75 Å². The third-order valence-corrected chi connectivity index (χ3v) is 7.93. The lowest BCUT2D eigenvalue weighted by Crippen LogP contribution is -2.46. The van der Waals surface area contributed by atoms with Crippen molar-refractivity contribution < 1.29 is 13.9 Å². The van der Waals surface area contributed by atoms with Crippen LogP contribution in [0.2, 0.25) is 0 Å². The van der Waals surface area contributed by atoms with Gasteiger partial charge in [0.2, 0.25) is 5.91 Å². The third kappa shape index (κ3) is 7.86. The Labute approximate surface area is 248 Å². The molecule has 1 amide bonds. The number of hydrogen-bond acceptors (Lipinski definition) is 7. The summed E-state index contributed by atoms with van der Waals surface area (Å²) in [6.45, 7) is 8.24. The van der Waals surface area contributed by atoms with Crippen molar-refractivity contribution in [3.63, 3.8) is 0 Å². The number of pyridine rings is 1. The highest BCUT2D eigenvalue weighted by Crippen LogP contribution is 2.36. The lowest BCUT2D eigenvalue weighted by molar-refractivity contribution is -0.119. The maximum absolute atomic E-state index is 15.0. The number of rotatable bonds is 7. The van der Waals surface area contributed by atoms with Crippen LogP contribution in [-0.4, -0.2) is 65.1 Å². The van der Waals surface area contributed by atoms with E-state index in [2.05, 4.69) is 44.2 Å². The number of hydrogen-bond donors (Lipinski definition) is 2. The Hall–Kier alpha value is -3.88. The monoisotopic (exact) mass is 587 g/mol. The second-order valence-corrected chi connectivity index (χ2v) is 11.0. The van der Waals surface area contributed by atoms with Gasteiger partial charge in [-0.25, -0.2) is 4.39 Å². The van der Waals surface area contributed by atoms with Crippen LogP contribution in [0.25, 0.3) is 10.2 Å². The van der Waals surface area contributed by atoms with Gasteiger partial charge in [-0.3, -0.25) is 14.7 Å². The normalized spacial score (nSPS) is 13.8. The molecular formula is C31H30FN5O2S2. The van der Waals surface area contributed by atoms with E-state index in [-0.39, 0.29) is 23.2 Å². The number of nitrogens with one attached hydrogen (secondary N) is 2. The molecular weight excluding hydrogens is 558 g/mol. The van der Waals surface area contributed by atoms with Gasteiger partial charge in [-0.05, 0) is 42.5 Å². The van der Waals surface area contributed by atoms with Crippen LogP contribution in [-0.2, 0) is 11.2 Å².